The van der Waals surface area contributed by atoms with E-state index in [1.807, 2.05) is 0 Å². The summed E-state index contributed by atoms with van der Waals surface area (Å²) < 4.78 is 39.2. The lowest BCUT2D eigenvalue weighted by atomic mass is 10.0. The Kier molecular flexibility index (Phi) is 6.39. The van der Waals surface area contributed by atoms with Gasteiger partial charge in [-0.05, 0) is 31.9 Å². The van der Waals surface area contributed by atoms with Crippen LogP contribution < -0.4 is 5.32 Å². The highest BCUT2D eigenvalue weighted by molar-refractivity contribution is 5.96. The van der Waals surface area contributed by atoms with E-state index in [0.29, 0.717) is 12.8 Å². The van der Waals surface area contributed by atoms with Gasteiger partial charge in [0.1, 0.15) is 5.78 Å². The summed E-state index contributed by atoms with van der Waals surface area (Å²) >= 11 is 0. The molecule has 1 heterocycles. The van der Waals surface area contributed by atoms with Gasteiger partial charge in [0.15, 0.2) is 0 Å². The van der Waals surface area contributed by atoms with E-state index in [2.05, 4.69) is 5.32 Å². The highest BCUT2D eigenvalue weighted by Gasteiger charge is 2.36. The van der Waals surface area contributed by atoms with Gasteiger partial charge < -0.3 is 15.0 Å². The van der Waals surface area contributed by atoms with Crippen molar-refractivity contribution >= 4 is 17.6 Å². The van der Waals surface area contributed by atoms with Gasteiger partial charge in [-0.3, -0.25) is 9.59 Å². The molecule has 0 radical (unpaired) electrons. The zero-order valence-corrected chi connectivity index (χ0v) is 14.4. The van der Waals surface area contributed by atoms with Crippen LogP contribution >= 0.6 is 0 Å². The predicted octanol–water partition coefficient (Wildman–Crippen LogP) is 2.80. The smallest absolute Gasteiger partial charge is 0.353 e. The molecule has 1 aromatic rings. The Hall–Kier alpha value is -2.38. The second-order valence-electron chi connectivity index (χ2n) is 6.38. The fourth-order valence-corrected chi connectivity index (χ4v) is 2.90. The summed E-state index contributed by atoms with van der Waals surface area (Å²) in [5.74, 6) is -0.949. The number of likely N-dealkylation sites (tertiary alicyclic amines) is 1. The molecule has 1 aliphatic rings. The van der Waals surface area contributed by atoms with Gasteiger partial charge in [0.2, 0.25) is 5.91 Å². The molecule has 0 atom stereocenters. The number of alkyl halides is 3. The molecule has 26 heavy (non-hydrogen) atoms. The second-order valence-corrected chi connectivity index (χ2v) is 6.38. The molecule has 0 aromatic heterocycles. The highest BCUT2D eigenvalue weighted by Crippen LogP contribution is 2.32. The average Bonchev–Trinajstić information content (AvgIpc) is 2.59. The maximum absolute atomic E-state index is 13.1. The number of nitrogens with zero attached hydrogens (tertiary/aromatic N) is 1. The van der Waals surface area contributed by atoms with Crippen LogP contribution in [0.2, 0.25) is 0 Å². The molecule has 2 rings (SSSR count). The Morgan fingerprint density at radius 3 is 2.31 bits per heavy atom. The monoisotopic (exact) mass is 370 g/mol. The number of ketones is 1. The van der Waals surface area contributed by atoms with Gasteiger partial charge in [-0.2, -0.15) is 13.2 Å². The first-order valence-corrected chi connectivity index (χ1v) is 8.43. The number of carbonyl (C=O) groups excluding carboxylic acids is 3. The molecule has 142 valence electrons. The molecule has 1 fully saturated rings. The minimum atomic E-state index is -4.59. The van der Waals surface area contributed by atoms with Crippen LogP contribution in [0.15, 0.2) is 24.3 Å². The van der Waals surface area contributed by atoms with E-state index in [1.54, 1.807) is 0 Å². The zero-order chi connectivity index (χ0) is 19.3. The first-order chi connectivity index (χ1) is 12.2. The number of hydrogen-bond acceptors (Lipinski definition) is 3. The third kappa shape index (κ3) is 5.31. The highest BCUT2D eigenvalue weighted by atomic mass is 19.4. The Balaban J connectivity index is 1.93. The zero-order valence-electron chi connectivity index (χ0n) is 14.4. The molecule has 0 saturated carbocycles. The number of piperidine rings is 1. The summed E-state index contributed by atoms with van der Waals surface area (Å²) in [7, 11) is 0. The lowest BCUT2D eigenvalue weighted by Crippen LogP contribution is -2.46. The van der Waals surface area contributed by atoms with Crippen molar-refractivity contribution in [2.24, 2.45) is 0 Å². The fraction of sp³-hybridized carbons (Fsp3) is 0.500. The van der Waals surface area contributed by atoms with Crippen LogP contribution in [-0.2, 0) is 15.8 Å². The average molecular weight is 370 g/mol. The van der Waals surface area contributed by atoms with Crippen molar-refractivity contribution in [1.82, 2.24) is 10.2 Å². The number of benzene rings is 1. The van der Waals surface area contributed by atoms with Crippen molar-refractivity contribution < 1.29 is 27.6 Å². The number of rotatable bonds is 5. The summed E-state index contributed by atoms with van der Waals surface area (Å²) in [5.41, 5.74) is -1.30. The SMILES string of the molecule is CC(=O)CCC(=O)NC1CCN(C(=O)c2ccccc2C(F)(F)F)CC1. The van der Waals surface area contributed by atoms with Crippen molar-refractivity contribution in [3.8, 4) is 0 Å². The van der Waals surface area contributed by atoms with E-state index in [-0.39, 0.29) is 49.2 Å². The van der Waals surface area contributed by atoms with Crippen LogP contribution in [-0.4, -0.2) is 41.6 Å². The first-order valence-electron chi connectivity index (χ1n) is 8.43. The minimum Gasteiger partial charge on any atom is -0.353 e. The molecule has 8 heteroatoms. The number of Topliss-reactive ketones (excluding diaryl/α,β-unsaturated/α-hetero) is 1. The lowest BCUT2D eigenvalue weighted by molar-refractivity contribution is -0.138. The van der Waals surface area contributed by atoms with Crippen LogP contribution in [0, 0.1) is 0 Å². The first kappa shape index (κ1) is 19.9. The largest absolute Gasteiger partial charge is 0.417 e. The van der Waals surface area contributed by atoms with Gasteiger partial charge in [0, 0.05) is 32.0 Å². The second kappa shape index (κ2) is 8.33. The summed E-state index contributed by atoms with van der Waals surface area (Å²) in [6.07, 6.45) is -3.36. The lowest BCUT2D eigenvalue weighted by Gasteiger charge is -2.33. The van der Waals surface area contributed by atoms with Gasteiger partial charge in [-0.15, -0.1) is 0 Å². The van der Waals surface area contributed by atoms with Gasteiger partial charge in [-0.25, -0.2) is 0 Å². The minimum absolute atomic E-state index is 0.0658. The molecule has 1 N–H and O–H groups in total. The molecular weight excluding hydrogens is 349 g/mol. The molecule has 2 amide bonds. The van der Waals surface area contributed by atoms with Crippen LogP contribution in [0.5, 0.6) is 0 Å². The van der Waals surface area contributed by atoms with Crippen LogP contribution in [0.1, 0.15) is 48.5 Å². The maximum Gasteiger partial charge on any atom is 0.417 e. The molecular formula is C18H21F3N2O3. The van der Waals surface area contributed by atoms with Gasteiger partial charge in [0.25, 0.3) is 5.91 Å². The third-order valence-electron chi connectivity index (χ3n) is 4.31. The third-order valence-corrected chi connectivity index (χ3v) is 4.31. The molecule has 0 aliphatic carbocycles. The maximum atomic E-state index is 13.1. The molecule has 5 nitrogen and oxygen atoms in total. The van der Waals surface area contributed by atoms with Crippen molar-refractivity contribution in [1.29, 1.82) is 0 Å². The Morgan fingerprint density at radius 2 is 1.73 bits per heavy atom. The standard InChI is InChI=1S/C18H21F3N2O3/c1-12(24)6-7-16(25)22-13-8-10-23(11-9-13)17(26)14-4-2-3-5-15(14)18(19,20)21/h2-5,13H,6-11H2,1H3,(H,22,25). The molecule has 0 bridgehead atoms. The normalized spacial score (nSPS) is 15.6. The van der Waals surface area contributed by atoms with Crippen LogP contribution in [0.4, 0.5) is 13.2 Å². The van der Waals surface area contributed by atoms with Crippen molar-refractivity contribution in [3.63, 3.8) is 0 Å². The van der Waals surface area contributed by atoms with Crippen molar-refractivity contribution in [2.45, 2.75) is 44.8 Å². The Bertz CT molecular complexity index is 681. The number of amides is 2. The number of halogens is 3. The molecule has 1 aromatic carbocycles. The Labute approximate surface area is 149 Å². The molecule has 0 spiro atoms. The topological polar surface area (TPSA) is 66.5 Å². The number of carbonyl (C=O) groups is 3. The summed E-state index contributed by atoms with van der Waals surface area (Å²) in [6.45, 7) is 1.95. The quantitative estimate of drug-likeness (QED) is 0.867. The van der Waals surface area contributed by atoms with Crippen molar-refractivity contribution in [2.75, 3.05) is 13.1 Å². The van der Waals surface area contributed by atoms with Crippen LogP contribution in [0.3, 0.4) is 0 Å². The Morgan fingerprint density at radius 1 is 1.12 bits per heavy atom. The molecule has 1 saturated heterocycles. The van der Waals surface area contributed by atoms with Gasteiger partial charge in [0.05, 0.1) is 11.1 Å². The summed E-state index contributed by atoms with van der Waals surface area (Å²) in [6, 6.07) is 4.60. The van der Waals surface area contributed by atoms with E-state index in [9.17, 15) is 27.6 Å². The predicted molar refractivity (Wildman–Crippen MR) is 88.4 cm³/mol. The van der Waals surface area contributed by atoms with E-state index in [1.165, 1.54) is 30.0 Å². The van der Waals surface area contributed by atoms with Gasteiger partial charge >= 0.3 is 6.18 Å². The van der Waals surface area contributed by atoms with E-state index in [4.69, 9.17) is 0 Å². The molecule has 0 unspecified atom stereocenters. The number of nitrogens with one attached hydrogen (secondary N) is 1. The summed E-state index contributed by atoms with van der Waals surface area (Å²) in [5, 5.41) is 2.80. The summed E-state index contributed by atoms with van der Waals surface area (Å²) in [4.78, 5) is 36.5. The van der Waals surface area contributed by atoms with E-state index < -0.39 is 17.6 Å². The van der Waals surface area contributed by atoms with Crippen LogP contribution in [0.25, 0.3) is 0 Å². The van der Waals surface area contributed by atoms with E-state index in [0.717, 1.165) is 6.07 Å². The van der Waals surface area contributed by atoms with Crippen molar-refractivity contribution in [3.05, 3.63) is 35.4 Å². The number of hydrogen-bond donors (Lipinski definition) is 1. The molecule has 1 aliphatic heterocycles. The van der Waals surface area contributed by atoms with Gasteiger partial charge in [-0.1, -0.05) is 12.1 Å². The fourth-order valence-electron chi connectivity index (χ4n) is 2.90. The van der Waals surface area contributed by atoms with E-state index >= 15 is 0 Å².